The fraction of sp³-hybridized carbons (Fsp3) is 0.611. The van der Waals surface area contributed by atoms with E-state index in [0.717, 1.165) is 24.3 Å². The van der Waals surface area contributed by atoms with Gasteiger partial charge in [-0.3, -0.25) is 0 Å². The third kappa shape index (κ3) is 5.95. The molecule has 1 aromatic carbocycles. The van der Waals surface area contributed by atoms with Crippen molar-refractivity contribution in [2.45, 2.75) is 33.1 Å². The second-order valence-corrected chi connectivity index (χ2v) is 5.75. The number of benzene rings is 1. The van der Waals surface area contributed by atoms with Crippen LogP contribution in [0.25, 0.3) is 0 Å². The van der Waals surface area contributed by atoms with Crippen LogP contribution in [0.4, 0.5) is 0 Å². The quantitative estimate of drug-likeness (QED) is 0.616. The highest BCUT2D eigenvalue weighted by molar-refractivity contribution is 5.43. The van der Waals surface area contributed by atoms with Crippen molar-refractivity contribution < 1.29 is 14.2 Å². The van der Waals surface area contributed by atoms with Gasteiger partial charge in [-0.25, -0.2) is 0 Å². The van der Waals surface area contributed by atoms with Crippen molar-refractivity contribution in [1.29, 1.82) is 5.26 Å². The zero-order chi connectivity index (χ0) is 16.4. The minimum atomic E-state index is 0.361. The van der Waals surface area contributed by atoms with E-state index in [0.29, 0.717) is 31.5 Å². The van der Waals surface area contributed by atoms with Crippen molar-refractivity contribution >= 4 is 0 Å². The number of hydrogen-bond acceptors (Lipinski definition) is 4. The molecule has 4 heteroatoms. The molecule has 0 saturated carbocycles. The highest BCUT2D eigenvalue weighted by Gasteiger charge is 2.15. The van der Waals surface area contributed by atoms with Gasteiger partial charge in [-0.2, -0.15) is 5.26 Å². The lowest BCUT2D eigenvalue weighted by atomic mass is 9.87. The first-order chi connectivity index (χ1) is 10.6. The van der Waals surface area contributed by atoms with Gasteiger partial charge in [0, 0.05) is 26.6 Å². The molecule has 1 aromatic rings. The van der Waals surface area contributed by atoms with E-state index in [1.54, 1.807) is 14.2 Å². The van der Waals surface area contributed by atoms with Crippen LogP contribution in [0.2, 0.25) is 0 Å². The first kappa shape index (κ1) is 18.3. The summed E-state index contributed by atoms with van der Waals surface area (Å²) in [5.41, 5.74) is 1.18. The first-order valence-corrected chi connectivity index (χ1v) is 7.78. The maximum Gasteiger partial charge on any atom is 0.161 e. The van der Waals surface area contributed by atoms with Crippen molar-refractivity contribution in [3.8, 4) is 17.6 Å². The highest BCUT2D eigenvalue weighted by Crippen LogP contribution is 2.30. The molecule has 122 valence electrons. The monoisotopic (exact) mass is 305 g/mol. The largest absolute Gasteiger partial charge is 0.493 e. The maximum atomic E-state index is 8.96. The molecule has 0 aromatic heterocycles. The predicted molar refractivity (Wildman–Crippen MR) is 87.2 cm³/mol. The summed E-state index contributed by atoms with van der Waals surface area (Å²) in [6.45, 7) is 5.60. The molecule has 0 aliphatic heterocycles. The number of nitriles is 1. The summed E-state index contributed by atoms with van der Waals surface area (Å²) in [6, 6.07) is 8.30. The minimum absolute atomic E-state index is 0.361. The Hall–Kier alpha value is -1.73. The van der Waals surface area contributed by atoms with E-state index in [9.17, 15) is 0 Å². The molecule has 0 aliphatic rings. The molecule has 0 radical (unpaired) electrons. The normalized spacial score (nSPS) is 12.0. The summed E-state index contributed by atoms with van der Waals surface area (Å²) >= 11 is 0. The molecule has 0 bridgehead atoms. The molecule has 0 amide bonds. The Bertz CT molecular complexity index is 480. The van der Waals surface area contributed by atoms with Crippen LogP contribution in [-0.4, -0.2) is 27.4 Å². The molecule has 22 heavy (non-hydrogen) atoms. The summed E-state index contributed by atoms with van der Waals surface area (Å²) in [4.78, 5) is 0. The Labute approximate surface area is 134 Å². The second-order valence-electron chi connectivity index (χ2n) is 5.75. The van der Waals surface area contributed by atoms with Gasteiger partial charge in [-0.15, -0.1) is 0 Å². The van der Waals surface area contributed by atoms with Crippen LogP contribution in [0.5, 0.6) is 11.5 Å². The predicted octanol–water partition coefficient (Wildman–Crippen LogP) is 3.84. The molecule has 4 nitrogen and oxygen atoms in total. The molecule has 1 unspecified atom stereocenters. The van der Waals surface area contributed by atoms with Crippen LogP contribution < -0.4 is 9.47 Å². The molecule has 0 heterocycles. The van der Waals surface area contributed by atoms with E-state index in [-0.39, 0.29) is 0 Å². The second kappa shape index (κ2) is 10.1. The van der Waals surface area contributed by atoms with Gasteiger partial charge in [0.1, 0.15) is 0 Å². The third-order valence-corrected chi connectivity index (χ3v) is 3.77. The maximum absolute atomic E-state index is 8.96. The molecule has 0 N–H and O–H groups in total. The Kier molecular flexibility index (Phi) is 8.39. The lowest BCUT2D eigenvalue weighted by Crippen LogP contribution is -2.11. The zero-order valence-electron chi connectivity index (χ0n) is 14.1. The summed E-state index contributed by atoms with van der Waals surface area (Å²) < 4.78 is 16.2. The number of nitrogens with zero attached hydrogens (tertiary/aromatic N) is 1. The van der Waals surface area contributed by atoms with E-state index in [4.69, 9.17) is 19.5 Å². The van der Waals surface area contributed by atoms with Crippen molar-refractivity contribution in [2.24, 2.45) is 11.8 Å². The van der Waals surface area contributed by atoms with Crippen LogP contribution in [0.1, 0.15) is 32.3 Å². The standard InChI is InChI=1S/C18H27NO3/c1-14(2)16(8-9-19)12-15-6-7-17(21-4)18(13-15)22-11-5-10-20-3/h6-7,13-14,16H,5,8,10-12H2,1-4H3. The van der Waals surface area contributed by atoms with Crippen LogP contribution in [-0.2, 0) is 11.2 Å². The van der Waals surface area contributed by atoms with Crippen molar-refractivity contribution in [1.82, 2.24) is 0 Å². The highest BCUT2D eigenvalue weighted by atomic mass is 16.5. The van der Waals surface area contributed by atoms with E-state index >= 15 is 0 Å². The Morgan fingerprint density at radius 1 is 1.14 bits per heavy atom. The van der Waals surface area contributed by atoms with Crippen LogP contribution in [0, 0.1) is 23.2 Å². The Morgan fingerprint density at radius 2 is 1.91 bits per heavy atom. The van der Waals surface area contributed by atoms with Gasteiger partial charge >= 0.3 is 0 Å². The van der Waals surface area contributed by atoms with Gasteiger partial charge in [-0.1, -0.05) is 19.9 Å². The average Bonchev–Trinajstić information content (AvgIpc) is 2.51. The zero-order valence-corrected chi connectivity index (χ0v) is 14.1. The fourth-order valence-electron chi connectivity index (χ4n) is 2.31. The molecular formula is C18H27NO3. The van der Waals surface area contributed by atoms with E-state index in [2.05, 4.69) is 19.9 Å². The van der Waals surface area contributed by atoms with Gasteiger partial charge in [0.25, 0.3) is 0 Å². The number of hydrogen-bond donors (Lipinski definition) is 0. The molecule has 1 rings (SSSR count). The molecule has 0 fully saturated rings. The summed E-state index contributed by atoms with van der Waals surface area (Å²) in [7, 11) is 3.33. The van der Waals surface area contributed by atoms with Gasteiger partial charge < -0.3 is 14.2 Å². The van der Waals surface area contributed by atoms with Crippen molar-refractivity contribution in [3.05, 3.63) is 23.8 Å². The molecule has 0 aliphatic carbocycles. The van der Waals surface area contributed by atoms with Crippen LogP contribution in [0.3, 0.4) is 0 Å². The van der Waals surface area contributed by atoms with E-state index in [1.807, 2.05) is 18.2 Å². The van der Waals surface area contributed by atoms with Gasteiger partial charge in [0.05, 0.1) is 19.8 Å². The Morgan fingerprint density at radius 3 is 2.50 bits per heavy atom. The van der Waals surface area contributed by atoms with Gasteiger partial charge in [0.2, 0.25) is 0 Å². The summed E-state index contributed by atoms with van der Waals surface area (Å²) in [5, 5.41) is 8.96. The van der Waals surface area contributed by atoms with Gasteiger partial charge in [-0.05, 0) is 36.0 Å². The lowest BCUT2D eigenvalue weighted by molar-refractivity contribution is 0.170. The number of ether oxygens (including phenoxy) is 3. The smallest absolute Gasteiger partial charge is 0.161 e. The van der Waals surface area contributed by atoms with Crippen LogP contribution in [0.15, 0.2) is 18.2 Å². The summed E-state index contributed by atoms with van der Waals surface area (Å²) in [6.07, 6.45) is 2.30. The molecule has 1 atom stereocenters. The number of methoxy groups -OCH3 is 2. The molecule has 0 saturated heterocycles. The molecular weight excluding hydrogens is 278 g/mol. The van der Waals surface area contributed by atoms with E-state index < -0.39 is 0 Å². The Balaban J connectivity index is 2.77. The van der Waals surface area contributed by atoms with E-state index in [1.165, 1.54) is 5.56 Å². The van der Waals surface area contributed by atoms with Crippen molar-refractivity contribution in [3.63, 3.8) is 0 Å². The lowest BCUT2D eigenvalue weighted by Gasteiger charge is -2.19. The third-order valence-electron chi connectivity index (χ3n) is 3.77. The molecule has 0 spiro atoms. The average molecular weight is 305 g/mol. The minimum Gasteiger partial charge on any atom is -0.493 e. The number of rotatable bonds is 10. The van der Waals surface area contributed by atoms with Gasteiger partial charge in [0.15, 0.2) is 11.5 Å². The first-order valence-electron chi connectivity index (χ1n) is 7.78. The fourth-order valence-corrected chi connectivity index (χ4v) is 2.31. The summed E-state index contributed by atoms with van der Waals surface area (Å²) in [5.74, 6) is 2.34. The van der Waals surface area contributed by atoms with Crippen LogP contribution >= 0.6 is 0 Å². The topological polar surface area (TPSA) is 51.5 Å². The van der Waals surface area contributed by atoms with Crippen molar-refractivity contribution in [2.75, 3.05) is 27.4 Å². The SMILES string of the molecule is COCCCOc1cc(CC(CC#N)C(C)C)ccc1OC.